The fraction of sp³-hybridized carbons (Fsp3) is 0.917. The molecule has 0 aromatic rings. The van der Waals surface area contributed by atoms with Gasteiger partial charge in [-0.15, -0.1) is 0 Å². The predicted molar refractivity (Wildman–Crippen MR) is 70.8 cm³/mol. The fourth-order valence-electron chi connectivity index (χ4n) is 2.02. The fourth-order valence-corrected chi connectivity index (χ4v) is 2.76. The van der Waals surface area contributed by atoms with Gasteiger partial charge in [-0.2, -0.15) is 11.8 Å². The summed E-state index contributed by atoms with van der Waals surface area (Å²) in [4.78, 5) is 11.6. The van der Waals surface area contributed by atoms with Crippen LogP contribution < -0.4 is 10.6 Å². The molecule has 1 aliphatic carbocycles. The summed E-state index contributed by atoms with van der Waals surface area (Å²) in [5.74, 6) is 0.140. The van der Waals surface area contributed by atoms with Gasteiger partial charge >= 0.3 is 0 Å². The van der Waals surface area contributed by atoms with E-state index in [4.69, 9.17) is 0 Å². The van der Waals surface area contributed by atoms with E-state index in [1.54, 1.807) is 0 Å². The summed E-state index contributed by atoms with van der Waals surface area (Å²) in [6.07, 6.45) is 6.93. The largest absolute Gasteiger partial charge is 0.352 e. The van der Waals surface area contributed by atoms with E-state index in [2.05, 4.69) is 30.7 Å². The molecule has 3 nitrogen and oxygen atoms in total. The molecule has 16 heavy (non-hydrogen) atoms. The van der Waals surface area contributed by atoms with Crippen LogP contribution in [0, 0.1) is 0 Å². The van der Waals surface area contributed by atoms with E-state index in [-0.39, 0.29) is 5.91 Å². The van der Waals surface area contributed by atoms with Crippen LogP contribution in [0.25, 0.3) is 0 Å². The molecule has 0 unspecified atom stereocenters. The van der Waals surface area contributed by atoms with Crippen LogP contribution in [0.2, 0.25) is 0 Å². The van der Waals surface area contributed by atoms with Gasteiger partial charge in [0, 0.05) is 17.3 Å². The molecule has 0 radical (unpaired) electrons. The Morgan fingerprint density at radius 1 is 1.31 bits per heavy atom. The molecule has 1 fully saturated rings. The molecule has 0 saturated heterocycles. The van der Waals surface area contributed by atoms with E-state index in [1.807, 2.05) is 11.8 Å². The molecule has 0 heterocycles. The minimum atomic E-state index is 0.140. The van der Waals surface area contributed by atoms with Crippen molar-refractivity contribution in [2.75, 3.05) is 12.8 Å². The molecule has 1 saturated carbocycles. The van der Waals surface area contributed by atoms with Crippen LogP contribution in [-0.2, 0) is 4.79 Å². The summed E-state index contributed by atoms with van der Waals surface area (Å²) in [6.45, 7) is 4.55. The molecular formula is C12H24N2OS. The summed E-state index contributed by atoms with van der Waals surface area (Å²) < 4.78 is 0. The van der Waals surface area contributed by atoms with E-state index in [9.17, 15) is 4.79 Å². The van der Waals surface area contributed by atoms with E-state index >= 15 is 0 Å². The van der Waals surface area contributed by atoms with Gasteiger partial charge in [0.1, 0.15) is 0 Å². The van der Waals surface area contributed by atoms with Crippen LogP contribution in [0.3, 0.4) is 0 Å². The highest BCUT2D eigenvalue weighted by Gasteiger charge is 2.21. The zero-order chi connectivity index (χ0) is 12.0. The summed E-state index contributed by atoms with van der Waals surface area (Å²) in [5, 5.41) is 7.05. The molecule has 0 aromatic heterocycles. The molecule has 0 aliphatic heterocycles. The third-order valence-corrected chi connectivity index (χ3v) is 4.18. The Kier molecular flexibility index (Phi) is 6.21. The molecule has 0 spiro atoms. The second-order valence-corrected chi connectivity index (χ2v) is 5.95. The van der Waals surface area contributed by atoms with Crippen molar-refractivity contribution < 1.29 is 4.79 Å². The van der Waals surface area contributed by atoms with E-state index < -0.39 is 0 Å². The van der Waals surface area contributed by atoms with Gasteiger partial charge in [-0.05, 0) is 31.9 Å². The van der Waals surface area contributed by atoms with Gasteiger partial charge in [0.05, 0.1) is 6.54 Å². The first-order valence-electron chi connectivity index (χ1n) is 6.17. The topological polar surface area (TPSA) is 41.1 Å². The molecule has 4 heteroatoms. The van der Waals surface area contributed by atoms with Gasteiger partial charge in [-0.3, -0.25) is 4.79 Å². The van der Waals surface area contributed by atoms with Gasteiger partial charge in [0.25, 0.3) is 0 Å². The molecule has 94 valence electrons. The molecule has 2 N–H and O–H groups in total. The van der Waals surface area contributed by atoms with E-state index in [0.29, 0.717) is 18.6 Å². The highest BCUT2D eigenvalue weighted by atomic mass is 32.2. The predicted octanol–water partition coefficient (Wildman–Crippen LogP) is 1.77. The van der Waals surface area contributed by atoms with Crippen molar-refractivity contribution in [2.24, 2.45) is 0 Å². The van der Waals surface area contributed by atoms with Gasteiger partial charge < -0.3 is 10.6 Å². The maximum absolute atomic E-state index is 11.6. The summed E-state index contributed by atoms with van der Waals surface area (Å²) in [7, 11) is 0. The van der Waals surface area contributed by atoms with Gasteiger partial charge in [0.15, 0.2) is 0 Å². The smallest absolute Gasteiger partial charge is 0.234 e. The van der Waals surface area contributed by atoms with Gasteiger partial charge in [-0.25, -0.2) is 0 Å². The number of carbonyl (C=O) groups is 1. The second-order valence-electron chi connectivity index (χ2n) is 4.81. The summed E-state index contributed by atoms with van der Waals surface area (Å²) in [5.41, 5.74) is 0. The molecule has 0 atom stereocenters. The minimum Gasteiger partial charge on any atom is -0.352 e. The van der Waals surface area contributed by atoms with Gasteiger partial charge in [-0.1, -0.05) is 13.8 Å². The first-order chi connectivity index (χ1) is 7.61. The standard InChI is InChI=1S/C12H24N2OS/c1-9(2)13-8-12(15)14-10-4-6-11(16-3)7-5-10/h9-11,13H,4-8H2,1-3H3,(H,14,15). The number of amides is 1. The third-order valence-electron chi connectivity index (χ3n) is 3.04. The lowest BCUT2D eigenvalue weighted by Gasteiger charge is -2.28. The normalized spacial score (nSPS) is 25.8. The van der Waals surface area contributed by atoms with E-state index in [0.717, 1.165) is 18.1 Å². The summed E-state index contributed by atoms with van der Waals surface area (Å²) in [6, 6.07) is 0.780. The van der Waals surface area contributed by atoms with Crippen molar-refractivity contribution in [1.82, 2.24) is 10.6 Å². The lowest BCUT2D eigenvalue weighted by atomic mass is 9.95. The number of hydrogen-bond donors (Lipinski definition) is 2. The van der Waals surface area contributed by atoms with Crippen LogP contribution >= 0.6 is 11.8 Å². The Hall–Kier alpha value is -0.220. The van der Waals surface area contributed by atoms with Crippen molar-refractivity contribution in [1.29, 1.82) is 0 Å². The average Bonchev–Trinajstić information content (AvgIpc) is 2.27. The van der Waals surface area contributed by atoms with Crippen LogP contribution in [0.15, 0.2) is 0 Å². The number of hydrogen-bond acceptors (Lipinski definition) is 3. The minimum absolute atomic E-state index is 0.140. The van der Waals surface area contributed by atoms with Crippen LogP contribution in [0.5, 0.6) is 0 Å². The number of rotatable bonds is 5. The molecule has 1 rings (SSSR count). The zero-order valence-electron chi connectivity index (χ0n) is 10.6. The van der Waals surface area contributed by atoms with Crippen molar-refractivity contribution >= 4 is 17.7 Å². The SMILES string of the molecule is CSC1CCC(NC(=O)CNC(C)C)CC1. The molecule has 0 aromatic carbocycles. The van der Waals surface area contributed by atoms with E-state index in [1.165, 1.54) is 12.8 Å². The highest BCUT2D eigenvalue weighted by molar-refractivity contribution is 7.99. The number of nitrogens with one attached hydrogen (secondary N) is 2. The van der Waals surface area contributed by atoms with Crippen molar-refractivity contribution in [3.8, 4) is 0 Å². The Morgan fingerprint density at radius 2 is 1.94 bits per heavy atom. The molecular weight excluding hydrogens is 220 g/mol. The zero-order valence-corrected chi connectivity index (χ0v) is 11.4. The van der Waals surface area contributed by atoms with Crippen LogP contribution in [-0.4, -0.2) is 36.0 Å². The average molecular weight is 244 g/mol. The Balaban J connectivity index is 2.15. The van der Waals surface area contributed by atoms with Crippen molar-refractivity contribution in [3.05, 3.63) is 0 Å². The maximum atomic E-state index is 11.6. The quantitative estimate of drug-likeness (QED) is 0.774. The first-order valence-corrected chi connectivity index (χ1v) is 7.46. The Labute approximate surface area is 103 Å². The van der Waals surface area contributed by atoms with Gasteiger partial charge in [0.2, 0.25) is 5.91 Å². The Morgan fingerprint density at radius 3 is 2.44 bits per heavy atom. The summed E-state index contributed by atoms with van der Waals surface area (Å²) >= 11 is 1.96. The number of carbonyl (C=O) groups excluding carboxylic acids is 1. The lowest BCUT2D eigenvalue weighted by molar-refractivity contribution is -0.121. The highest BCUT2D eigenvalue weighted by Crippen LogP contribution is 2.26. The maximum Gasteiger partial charge on any atom is 0.234 e. The van der Waals surface area contributed by atoms with Crippen molar-refractivity contribution in [3.63, 3.8) is 0 Å². The second kappa shape index (κ2) is 7.17. The van der Waals surface area contributed by atoms with Crippen molar-refractivity contribution in [2.45, 2.75) is 56.9 Å². The lowest BCUT2D eigenvalue weighted by Crippen LogP contribution is -2.43. The Bertz CT molecular complexity index is 213. The monoisotopic (exact) mass is 244 g/mol. The molecule has 1 aliphatic rings. The molecule has 1 amide bonds. The third kappa shape index (κ3) is 5.21. The van der Waals surface area contributed by atoms with Crippen LogP contribution in [0.1, 0.15) is 39.5 Å². The first kappa shape index (κ1) is 13.8. The number of thioether (sulfide) groups is 1. The van der Waals surface area contributed by atoms with Crippen LogP contribution in [0.4, 0.5) is 0 Å². The molecule has 0 bridgehead atoms.